The van der Waals surface area contributed by atoms with Crippen LogP contribution in [0, 0.1) is 0 Å². The Labute approximate surface area is 141 Å². The molecule has 24 heavy (non-hydrogen) atoms. The number of nitrogen functional groups attached to an aromatic ring is 2. The van der Waals surface area contributed by atoms with Crippen LogP contribution < -0.4 is 33.2 Å². The fourth-order valence-corrected chi connectivity index (χ4v) is 2.03. The average molecular weight is 326 g/mol. The Hall–Kier alpha value is -3.22. The molecule has 3 aromatic rings. The van der Waals surface area contributed by atoms with Gasteiger partial charge in [-0.3, -0.25) is 0 Å². The first kappa shape index (κ1) is 18.8. The summed E-state index contributed by atoms with van der Waals surface area (Å²) >= 11 is 0. The van der Waals surface area contributed by atoms with Gasteiger partial charge < -0.3 is 33.2 Å². The van der Waals surface area contributed by atoms with Gasteiger partial charge in [0.15, 0.2) is 0 Å². The summed E-state index contributed by atoms with van der Waals surface area (Å²) in [6, 6.07) is 21.9. The van der Waals surface area contributed by atoms with Gasteiger partial charge in [0.1, 0.15) is 23.0 Å². The molecule has 6 nitrogen and oxygen atoms in total. The standard InChI is InChI=1S/C18H16N2O2.2H3N/c19-13-4-1-6-15(10-13)21-17-8-3-9-18(12-17)22-16-7-2-5-14(20)11-16;;/h1-12H,19-20H2;2*1H3. The van der Waals surface area contributed by atoms with Gasteiger partial charge in [-0.05, 0) is 36.4 Å². The van der Waals surface area contributed by atoms with E-state index in [1.165, 1.54) is 0 Å². The topological polar surface area (TPSA) is 140 Å². The molecule has 10 N–H and O–H groups in total. The van der Waals surface area contributed by atoms with Crippen molar-refractivity contribution >= 4 is 11.4 Å². The third-order valence-electron chi connectivity index (χ3n) is 2.99. The molecule has 6 heteroatoms. The molecule has 3 aromatic carbocycles. The first-order valence-electron chi connectivity index (χ1n) is 6.86. The molecule has 0 heterocycles. The van der Waals surface area contributed by atoms with Crippen molar-refractivity contribution in [3.05, 3.63) is 72.8 Å². The van der Waals surface area contributed by atoms with Crippen LogP contribution in [-0.2, 0) is 0 Å². The van der Waals surface area contributed by atoms with Crippen molar-refractivity contribution in [2.45, 2.75) is 0 Å². The highest BCUT2D eigenvalue weighted by Gasteiger charge is 2.02. The summed E-state index contributed by atoms with van der Waals surface area (Å²) in [5.74, 6) is 2.71. The Morgan fingerprint density at radius 2 is 0.833 bits per heavy atom. The summed E-state index contributed by atoms with van der Waals surface area (Å²) in [5.41, 5.74) is 12.8. The highest BCUT2D eigenvalue weighted by Crippen LogP contribution is 2.29. The summed E-state index contributed by atoms with van der Waals surface area (Å²) in [4.78, 5) is 0. The predicted octanol–water partition coefficient (Wildman–Crippen LogP) is 4.76. The Morgan fingerprint density at radius 1 is 0.500 bits per heavy atom. The molecule has 3 rings (SSSR count). The smallest absolute Gasteiger partial charge is 0.131 e. The maximum absolute atomic E-state index is 5.78. The predicted molar refractivity (Wildman–Crippen MR) is 98.3 cm³/mol. The zero-order chi connectivity index (χ0) is 15.4. The summed E-state index contributed by atoms with van der Waals surface area (Å²) in [5, 5.41) is 0. The van der Waals surface area contributed by atoms with Crippen molar-refractivity contribution in [3.63, 3.8) is 0 Å². The van der Waals surface area contributed by atoms with Gasteiger partial charge in [-0.2, -0.15) is 0 Å². The lowest BCUT2D eigenvalue weighted by molar-refractivity contribution is 0.460. The molecular formula is C18H22N4O2. The van der Waals surface area contributed by atoms with E-state index in [9.17, 15) is 0 Å². The number of rotatable bonds is 4. The molecule has 0 aliphatic rings. The summed E-state index contributed by atoms with van der Waals surface area (Å²) in [7, 11) is 0. The second kappa shape index (κ2) is 8.42. The molecule has 0 radical (unpaired) electrons. The maximum atomic E-state index is 5.78. The Balaban J connectivity index is 0.00000144. The third kappa shape index (κ3) is 4.91. The first-order valence-corrected chi connectivity index (χ1v) is 6.86. The van der Waals surface area contributed by atoms with E-state index in [0.717, 1.165) is 0 Å². The quantitative estimate of drug-likeness (QED) is 0.509. The van der Waals surface area contributed by atoms with Crippen molar-refractivity contribution in [1.29, 1.82) is 0 Å². The molecular weight excluding hydrogens is 304 g/mol. The number of benzene rings is 3. The minimum atomic E-state index is 0. The van der Waals surface area contributed by atoms with Gasteiger partial charge in [0.05, 0.1) is 0 Å². The van der Waals surface area contributed by atoms with E-state index in [-0.39, 0.29) is 12.3 Å². The normalized spacial score (nSPS) is 9.33. The van der Waals surface area contributed by atoms with Crippen molar-refractivity contribution in [2.24, 2.45) is 0 Å². The molecule has 126 valence electrons. The Bertz CT molecular complexity index is 730. The van der Waals surface area contributed by atoms with Crippen LogP contribution in [0.4, 0.5) is 11.4 Å². The van der Waals surface area contributed by atoms with Crippen LogP contribution in [0.15, 0.2) is 72.8 Å². The number of ether oxygens (including phenoxy) is 2. The lowest BCUT2D eigenvalue weighted by Crippen LogP contribution is -1.90. The average Bonchev–Trinajstić information content (AvgIpc) is 2.47. The van der Waals surface area contributed by atoms with Crippen molar-refractivity contribution < 1.29 is 9.47 Å². The number of hydrogen-bond donors (Lipinski definition) is 4. The maximum Gasteiger partial charge on any atom is 0.131 e. The zero-order valence-electron chi connectivity index (χ0n) is 13.3. The highest BCUT2D eigenvalue weighted by atomic mass is 16.5. The van der Waals surface area contributed by atoms with Crippen molar-refractivity contribution in [2.75, 3.05) is 11.5 Å². The van der Waals surface area contributed by atoms with E-state index in [2.05, 4.69) is 0 Å². The van der Waals surface area contributed by atoms with Crippen LogP contribution >= 0.6 is 0 Å². The van der Waals surface area contributed by atoms with Crippen LogP contribution in [0.2, 0.25) is 0 Å². The SMILES string of the molecule is N.N.Nc1cccc(Oc2cccc(Oc3cccc(N)c3)c2)c1. The summed E-state index contributed by atoms with van der Waals surface area (Å²) < 4.78 is 11.6. The largest absolute Gasteiger partial charge is 0.457 e. The molecule has 0 atom stereocenters. The van der Waals surface area contributed by atoms with E-state index in [0.29, 0.717) is 34.4 Å². The molecule has 0 saturated carbocycles. The van der Waals surface area contributed by atoms with Crippen LogP contribution in [0.5, 0.6) is 23.0 Å². The first-order chi connectivity index (χ1) is 10.7. The van der Waals surface area contributed by atoms with Gasteiger partial charge in [0, 0.05) is 29.6 Å². The molecule has 0 fully saturated rings. The van der Waals surface area contributed by atoms with E-state index < -0.39 is 0 Å². The fourth-order valence-electron chi connectivity index (χ4n) is 2.03. The molecule has 0 spiro atoms. The van der Waals surface area contributed by atoms with E-state index in [1.807, 2.05) is 60.7 Å². The van der Waals surface area contributed by atoms with Crippen LogP contribution in [0.1, 0.15) is 0 Å². The van der Waals surface area contributed by atoms with Crippen molar-refractivity contribution in [1.82, 2.24) is 12.3 Å². The fraction of sp³-hybridized carbons (Fsp3) is 0. The van der Waals surface area contributed by atoms with Gasteiger partial charge in [-0.25, -0.2) is 0 Å². The summed E-state index contributed by atoms with van der Waals surface area (Å²) in [6.07, 6.45) is 0. The lowest BCUT2D eigenvalue weighted by Gasteiger charge is -2.09. The van der Waals surface area contributed by atoms with E-state index in [1.54, 1.807) is 12.1 Å². The second-order valence-corrected chi connectivity index (χ2v) is 4.82. The van der Waals surface area contributed by atoms with Gasteiger partial charge in [-0.1, -0.05) is 18.2 Å². The lowest BCUT2D eigenvalue weighted by atomic mass is 10.3. The monoisotopic (exact) mass is 326 g/mol. The third-order valence-corrected chi connectivity index (χ3v) is 2.99. The Morgan fingerprint density at radius 3 is 1.21 bits per heavy atom. The number of hydrogen-bond acceptors (Lipinski definition) is 6. The molecule has 0 amide bonds. The van der Waals surface area contributed by atoms with Crippen LogP contribution in [-0.4, -0.2) is 0 Å². The second-order valence-electron chi connectivity index (χ2n) is 4.82. The molecule has 0 unspecified atom stereocenters. The Kier molecular flexibility index (Phi) is 6.61. The van der Waals surface area contributed by atoms with Crippen molar-refractivity contribution in [3.8, 4) is 23.0 Å². The minimum Gasteiger partial charge on any atom is -0.457 e. The van der Waals surface area contributed by atoms with Gasteiger partial charge in [-0.15, -0.1) is 0 Å². The number of nitrogens with two attached hydrogens (primary N) is 2. The molecule has 0 aliphatic heterocycles. The minimum absolute atomic E-state index is 0. The van der Waals surface area contributed by atoms with Gasteiger partial charge >= 0.3 is 0 Å². The van der Waals surface area contributed by atoms with Crippen LogP contribution in [0.3, 0.4) is 0 Å². The van der Waals surface area contributed by atoms with Gasteiger partial charge in [0.2, 0.25) is 0 Å². The van der Waals surface area contributed by atoms with E-state index >= 15 is 0 Å². The highest BCUT2D eigenvalue weighted by molar-refractivity contribution is 5.47. The van der Waals surface area contributed by atoms with Crippen LogP contribution in [0.25, 0.3) is 0 Å². The van der Waals surface area contributed by atoms with Gasteiger partial charge in [0.25, 0.3) is 0 Å². The molecule has 0 aromatic heterocycles. The number of anilines is 2. The molecule has 0 saturated heterocycles. The molecule has 0 aliphatic carbocycles. The molecule has 0 bridgehead atoms. The zero-order valence-corrected chi connectivity index (χ0v) is 13.3. The summed E-state index contributed by atoms with van der Waals surface area (Å²) in [6.45, 7) is 0. The van der Waals surface area contributed by atoms with E-state index in [4.69, 9.17) is 20.9 Å².